The molecule has 0 unspecified atom stereocenters. The van der Waals surface area contributed by atoms with Crippen LogP contribution in [0.2, 0.25) is 0 Å². The number of hydrazine groups is 1. The third-order valence-corrected chi connectivity index (χ3v) is 3.54. The van der Waals surface area contributed by atoms with E-state index in [1.165, 1.54) is 19.3 Å². The Morgan fingerprint density at radius 3 is 2.74 bits per heavy atom. The van der Waals surface area contributed by atoms with E-state index in [1.807, 2.05) is 0 Å². The lowest BCUT2D eigenvalue weighted by Crippen LogP contribution is -2.16. The zero-order valence-corrected chi connectivity index (χ0v) is 10.8. The standard InChI is InChI=1S/C13H19N3O3/c14-15-11-7-4-8-12(13(11)16(17)18)19-9-10-5-2-1-3-6-10/h4,7-8,10,15H,1-3,5-6,9,14H2. The van der Waals surface area contributed by atoms with Gasteiger partial charge in [-0.05, 0) is 30.9 Å². The molecule has 0 spiro atoms. The molecule has 6 nitrogen and oxygen atoms in total. The second kappa shape index (κ2) is 6.38. The topological polar surface area (TPSA) is 90.4 Å². The predicted molar refractivity (Wildman–Crippen MR) is 73.0 cm³/mol. The summed E-state index contributed by atoms with van der Waals surface area (Å²) in [5, 5.41) is 11.1. The number of nitro groups is 1. The summed E-state index contributed by atoms with van der Waals surface area (Å²) in [6, 6.07) is 4.87. The molecule has 1 fully saturated rings. The van der Waals surface area contributed by atoms with Crippen LogP contribution < -0.4 is 16.0 Å². The average Bonchev–Trinajstić information content (AvgIpc) is 2.45. The first-order chi connectivity index (χ1) is 9.22. The quantitative estimate of drug-likeness (QED) is 0.485. The van der Waals surface area contributed by atoms with Crippen molar-refractivity contribution in [1.29, 1.82) is 0 Å². The molecule has 1 aromatic carbocycles. The van der Waals surface area contributed by atoms with Crippen LogP contribution in [0.5, 0.6) is 5.75 Å². The van der Waals surface area contributed by atoms with Gasteiger partial charge in [0.05, 0.1) is 11.5 Å². The van der Waals surface area contributed by atoms with Crippen LogP contribution in [0.3, 0.4) is 0 Å². The molecule has 1 aromatic rings. The molecule has 0 aliphatic heterocycles. The number of nitrogens with two attached hydrogens (primary N) is 1. The van der Waals surface area contributed by atoms with Gasteiger partial charge >= 0.3 is 5.69 Å². The van der Waals surface area contributed by atoms with Crippen LogP contribution in [0.1, 0.15) is 32.1 Å². The molecule has 0 atom stereocenters. The van der Waals surface area contributed by atoms with Gasteiger partial charge in [0.25, 0.3) is 0 Å². The van der Waals surface area contributed by atoms with E-state index in [9.17, 15) is 10.1 Å². The highest BCUT2D eigenvalue weighted by Gasteiger charge is 2.22. The van der Waals surface area contributed by atoms with Gasteiger partial charge in [0.15, 0.2) is 5.75 Å². The van der Waals surface area contributed by atoms with E-state index in [1.54, 1.807) is 18.2 Å². The van der Waals surface area contributed by atoms with Gasteiger partial charge in [0, 0.05) is 0 Å². The molecule has 0 saturated heterocycles. The summed E-state index contributed by atoms with van der Waals surface area (Å²) in [6.07, 6.45) is 6.01. The molecule has 104 valence electrons. The summed E-state index contributed by atoms with van der Waals surface area (Å²) >= 11 is 0. The number of hydrogen-bond donors (Lipinski definition) is 2. The first-order valence-corrected chi connectivity index (χ1v) is 6.59. The molecule has 0 heterocycles. The van der Waals surface area contributed by atoms with Crippen molar-refractivity contribution in [3.8, 4) is 5.75 Å². The van der Waals surface area contributed by atoms with Crippen molar-refractivity contribution in [2.24, 2.45) is 11.8 Å². The van der Waals surface area contributed by atoms with Crippen molar-refractivity contribution in [3.63, 3.8) is 0 Å². The maximum absolute atomic E-state index is 11.1. The van der Waals surface area contributed by atoms with Crippen molar-refractivity contribution in [2.75, 3.05) is 12.0 Å². The average molecular weight is 265 g/mol. The molecule has 1 aliphatic carbocycles. The molecule has 2 rings (SSSR count). The summed E-state index contributed by atoms with van der Waals surface area (Å²) in [7, 11) is 0. The number of nitrogens with zero attached hydrogens (tertiary/aromatic N) is 1. The van der Waals surface area contributed by atoms with E-state index in [0.717, 1.165) is 12.8 Å². The van der Waals surface area contributed by atoms with Gasteiger partial charge in [0.2, 0.25) is 0 Å². The number of anilines is 1. The van der Waals surface area contributed by atoms with Crippen LogP contribution in [0.25, 0.3) is 0 Å². The second-order valence-corrected chi connectivity index (χ2v) is 4.87. The van der Waals surface area contributed by atoms with Crippen LogP contribution in [-0.4, -0.2) is 11.5 Å². The number of ether oxygens (including phenoxy) is 1. The van der Waals surface area contributed by atoms with E-state index in [0.29, 0.717) is 12.5 Å². The minimum Gasteiger partial charge on any atom is -0.486 e. The Balaban J connectivity index is 2.08. The van der Waals surface area contributed by atoms with Crippen molar-refractivity contribution in [2.45, 2.75) is 32.1 Å². The minimum atomic E-state index is -0.467. The first kappa shape index (κ1) is 13.6. The maximum Gasteiger partial charge on any atom is 0.335 e. The predicted octanol–water partition coefficient (Wildman–Crippen LogP) is 2.84. The van der Waals surface area contributed by atoms with Gasteiger partial charge in [-0.2, -0.15) is 0 Å². The minimum absolute atomic E-state index is 0.0965. The van der Waals surface area contributed by atoms with Crippen LogP contribution >= 0.6 is 0 Å². The summed E-state index contributed by atoms with van der Waals surface area (Å²) < 4.78 is 5.64. The number of nitrogens with one attached hydrogen (secondary N) is 1. The lowest BCUT2D eigenvalue weighted by atomic mass is 9.90. The zero-order valence-electron chi connectivity index (χ0n) is 10.8. The van der Waals surface area contributed by atoms with Crippen molar-refractivity contribution >= 4 is 11.4 Å². The molecule has 1 saturated carbocycles. The molecule has 3 N–H and O–H groups in total. The number of nitrogen functional groups attached to an aromatic ring is 1. The summed E-state index contributed by atoms with van der Waals surface area (Å²) in [4.78, 5) is 10.6. The number of benzene rings is 1. The monoisotopic (exact) mass is 265 g/mol. The van der Waals surface area contributed by atoms with Crippen molar-refractivity contribution in [3.05, 3.63) is 28.3 Å². The van der Waals surface area contributed by atoms with Gasteiger partial charge in [-0.3, -0.25) is 16.0 Å². The first-order valence-electron chi connectivity index (χ1n) is 6.59. The molecule has 6 heteroatoms. The number of para-hydroxylation sites is 1. The Kier molecular flexibility index (Phi) is 4.57. The maximum atomic E-state index is 11.1. The largest absolute Gasteiger partial charge is 0.486 e. The summed E-state index contributed by atoms with van der Waals surface area (Å²) in [6.45, 7) is 0.537. The zero-order chi connectivity index (χ0) is 13.7. The van der Waals surface area contributed by atoms with Crippen LogP contribution in [-0.2, 0) is 0 Å². The number of nitro benzene ring substituents is 1. The lowest BCUT2D eigenvalue weighted by molar-refractivity contribution is -0.385. The Labute approximate surface area is 112 Å². The van der Waals surface area contributed by atoms with Crippen molar-refractivity contribution < 1.29 is 9.66 Å². The summed E-state index contributed by atoms with van der Waals surface area (Å²) in [5.41, 5.74) is 2.51. The van der Waals surface area contributed by atoms with E-state index in [-0.39, 0.29) is 17.1 Å². The van der Waals surface area contributed by atoms with Crippen LogP contribution in [0.15, 0.2) is 18.2 Å². The number of rotatable bonds is 5. The molecule has 1 aliphatic rings. The Bertz CT molecular complexity index is 445. The molecular formula is C13H19N3O3. The third-order valence-electron chi connectivity index (χ3n) is 3.54. The fourth-order valence-electron chi connectivity index (χ4n) is 2.51. The highest BCUT2D eigenvalue weighted by molar-refractivity contribution is 5.67. The van der Waals surface area contributed by atoms with E-state index >= 15 is 0 Å². The number of hydrogen-bond acceptors (Lipinski definition) is 5. The fraction of sp³-hybridized carbons (Fsp3) is 0.538. The fourth-order valence-corrected chi connectivity index (χ4v) is 2.51. The van der Waals surface area contributed by atoms with Gasteiger partial charge in [-0.1, -0.05) is 25.3 Å². The van der Waals surface area contributed by atoms with E-state index in [4.69, 9.17) is 10.6 Å². The smallest absolute Gasteiger partial charge is 0.335 e. The van der Waals surface area contributed by atoms with Crippen LogP contribution in [0, 0.1) is 16.0 Å². The van der Waals surface area contributed by atoms with Gasteiger partial charge in [-0.25, -0.2) is 0 Å². The molecule has 0 radical (unpaired) electrons. The Morgan fingerprint density at radius 2 is 2.11 bits per heavy atom. The molecular weight excluding hydrogens is 246 g/mol. The summed E-state index contributed by atoms with van der Waals surface area (Å²) in [5.74, 6) is 6.07. The van der Waals surface area contributed by atoms with E-state index in [2.05, 4.69) is 5.43 Å². The van der Waals surface area contributed by atoms with Gasteiger partial charge in [-0.15, -0.1) is 0 Å². The molecule has 19 heavy (non-hydrogen) atoms. The Hall–Kier alpha value is -1.82. The van der Waals surface area contributed by atoms with Crippen LogP contribution in [0.4, 0.5) is 11.4 Å². The SMILES string of the molecule is NNc1cccc(OCC2CCCCC2)c1[N+](=O)[O-]. The molecule has 0 bridgehead atoms. The van der Waals surface area contributed by atoms with E-state index < -0.39 is 4.92 Å². The second-order valence-electron chi connectivity index (χ2n) is 4.87. The van der Waals surface area contributed by atoms with Gasteiger partial charge in [0.1, 0.15) is 5.69 Å². The molecule has 0 amide bonds. The Morgan fingerprint density at radius 1 is 1.37 bits per heavy atom. The highest BCUT2D eigenvalue weighted by atomic mass is 16.6. The lowest BCUT2D eigenvalue weighted by Gasteiger charge is -2.21. The third kappa shape index (κ3) is 3.35. The highest BCUT2D eigenvalue weighted by Crippen LogP contribution is 2.35. The van der Waals surface area contributed by atoms with Gasteiger partial charge < -0.3 is 10.2 Å². The normalized spacial score (nSPS) is 16.1. The van der Waals surface area contributed by atoms with Crippen molar-refractivity contribution in [1.82, 2.24) is 0 Å². The molecule has 0 aromatic heterocycles.